The van der Waals surface area contributed by atoms with Crippen molar-refractivity contribution in [2.45, 2.75) is 122 Å². The van der Waals surface area contributed by atoms with Crippen molar-refractivity contribution in [1.82, 2.24) is 30.4 Å². The van der Waals surface area contributed by atoms with E-state index in [0.717, 1.165) is 29.3 Å². The van der Waals surface area contributed by atoms with Gasteiger partial charge in [0, 0.05) is 40.8 Å². The number of aromatic nitrogens is 2. The second-order valence-electron chi connectivity index (χ2n) is 18.5. The molecular formula is C49H59N7O10S. The number of nitrogens with one attached hydrogen (secondary N) is 3. The van der Waals surface area contributed by atoms with E-state index in [1.807, 2.05) is 58.2 Å². The molecule has 0 aliphatic carbocycles. The van der Waals surface area contributed by atoms with Crippen LogP contribution in [0.1, 0.15) is 107 Å². The lowest BCUT2D eigenvalue weighted by Crippen LogP contribution is -2.56. The molecule has 4 aromatic rings. The minimum Gasteiger partial charge on any atom is -0.497 e. The Morgan fingerprint density at radius 1 is 0.940 bits per heavy atom. The van der Waals surface area contributed by atoms with Gasteiger partial charge in [0.25, 0.3) is 11.8 Å². The Balaban J connectivity index is 1.18. The molecule has 17 nitrogen and oxygen atoms in total. The number of nitrogens with zero attached hydrogens (tertiary/aromatic N) is 4. The number of hydrogen-bond acceptors (Lipinski definition) is 13. The Kier molecular flexibility index (Phi) is 15.1. The molecule has 18 heteroatoms. The van der Waals surface area contributed by atoms with Crippen LogP contribution in [0.4, 0.5) is 9.93 Å². The molecule has 2 aromatic carbocycles. The first-order valence-electron chi connectivity index (χ1n) is 22.8. The zero-order chi connectivity index (χ0) is 48.0. The van der Waals surface area contributed by atoms with Crippen molar-refractivity contribution < 1.29 is 48.1 Å². The van der Waals surface area contributed by atoms with Crippen molar-refractivity contribution in [2.24, 2.45) is 5.41 Å². The summed E-state index contributed by atoms with van der Waals surface area (Å²) in [7, 11) is 1.56. The third-order valence-corrected chi connectivity index (χ3v) is 12.9. The van der Waals surface area contributed by atoms with Gasteiger partial charge in [-0.2, -0.15) is 0 Å². The minimum absolute atomic E-state index is 0.00181. The van der Waals surface area contributed by atoms with E-state index in [0.29, 0.717) is 46.6 Å². The van der Waals surface area contributed by atoms with Crippen molar-refractivity contribution in [1.29, 1.82) is 0 Å². The van der Waals surface area contributed by atoms with Gasteiger partial charge in [0.05, 0.1) is 42.5 Å². The lowest BCUT2D eigenvalue weighted by molar-refractivity contribution is -0.144. The summed E-state index contributed by atoms with van der Waals surface area (Å²) < 4.78 is 18.2. The molecule has 1 saturated heterocycles. The molecule has 3 aliphatic heterocycles. The van der Waals surface area contributed by atoms with Crippen LogP contribution in [-0.2, 0) is 19.1 Å². The molecule has 5 heterocycles. The third kappa shape index (κ3) is 11.5. The Bertz CT molecular complexity index is 2500. The van der Waals surface area contributed by atoms with Crippen molar-refractivity contribution in [3.05, 3.63) is 77.2 Å². The number of ether oxygens (including phenoxy) is 3. The number of hydrogen-bond donors (Lipinski definition) is 4. The van der Waals surface area contributed by atoms with Crippen molar-refractivity contribution in [2.75, 3.05) is 25.5 Å². The SMILES string of the molecule is COc1ccc2c(O[C@@H]3C[C@H]4C(=O)N[C@H](C(=O)O)CCC=CCCCCC[C@H](NC(=O)O[C@H](CN5C(=O)c6ccccc6C5=O)C(C)(C)C)C(=O)N4C3)cc(-c3csc(NC(C)C)n3)nc2c1. The van der Waals surface area contributed by atoms with Gasteiger partial charge < -0.3 is 40.2 Å². The number of carboxylic acids is 1. The normalized spacial score (nSPS) is 21.2. The average Bonchev–Trinajstić information content (AvgIpc) is 3.99. The maximum absolute atomic E-state index is 14.9. The second-order valence-corrected chi connectivity index (χ2v) is 19.4. The largest absolute Gasteiger partial charge is 0.497 e. The first-order chi connectivity index (χ1) is 32.0. The summed E-state index contributed by atoms with van der Waals surface area (Å²) in [5, 5.41) is 22.2. The molecule has 3 aliphatic rings. The number of aliphatic carboxylic acids is 1. The molecule has 67 heavy (non-hydrogen) atoms. The fourth-order valence-corrected chi connectivity index (χ4v) is 9.28. The number of amides is 5. The molecule has 0 radical (unpaired) electrons. The van der Waals surface area contributed by atoms with E-state index in [-0.39, 0.29) is 49.5 Å². The maximum Gasteiger partial charge on any atom is 0.408 e. The highest BCUT2D eigenvalue weighted by Crippen LogP contribution is 2.36. The topological polar surface area (TPSA) is 219 Å². The highest BCUT2D eigenvalue weighted by molar-refractivity contribution is 7.14. The molecule has 7 rings (SSSR count). The fraction of sp³-hybridized carbons (Fsp3) is 0.469. The maximum atomic E-state index is 14.9. The van der Waals surface area contributed by atoms with E-state index in [4.69, 9.17) is 24.2 Å². The smallest absolute Gasteiger partial charge is 0.408 e. The van der Waals surface area contributed by atoms with Crippen LogP contribution in [0, 0.1) is 5.41 Å². The first kappa shape index (κ1) is 48.4. The van der Waals surface area contributed by atoms with Crippen LogP contribution in [0.25, 0.3) is 22.3 Å². The van der Waals surface area contributed by atoms with Crippen LogP contribution in [-0.4, -0.2) is 117 Å². The number of thiazole rings is 1. The Hall–Kier alpha value is -6.56. The number of fused-ring (bicyclic) bond motifs is 3. The van der Waals surface area contributed by atoms with Gasteiger partial charge in [-0.25, -0.2) is 19.6 Å². The monoisotopic (exact) mass is 937 g/mol. The molecular weight excluding hydrogens is 879 g/mol. The number of pyridine rings is 1. The van der Waals surface area contributed by atoms with Gasteiger partial charge in [0.2, 0.25) is 11.8 Å². The van der Waals surface area contributed by atoms with Gasteiger partial charge in [-0.1, -0.05) is 57.9 Å². The molecule has 0 bridgehead atoms. The van der Waals surface area contributed by atoms with Crippen LogP contribution >= 0.6 is 11.3 Å². The lowest BCUT2D eigenvalue weighted by Gasteiger charge is -2.34. The van der Waals surface area contributed by atoms with E-state index in [1.54, 1.807) is 49.6 Å². The molecule has 5 amide bonds. The number of carboxylic acid groups (broad SMARTS) is 1. The van der Waals surface area contributed by atoms with Gasteiger partial charge in [0.1, 0.15) is 47.5 Å². The van der Waals surface area contributed by atoms with Crippen molar-refractivity contribution in [3.8, 4) is 22.9 Å². The average molecular weight is 938 g/mol. The number of alkyl carbamates (subject to hydrolysis) is 1. The molecule has 0 unspecified atom stereocenters. The van der Waals surface area contributed by atoms with Gasteiger partial charge in [-0.3, -0.25) is 24.1 Å². The summed E-state index contributed by atoms with van der Waals surface area (Å²) in [6, 6.07) is 10.3. The predicted molar refractivity (Wildman–Crippen MR) is 252 cm³/mol. The van der Waals surface area contributed by atoms with Gasteiger partial charge in [-0.05, 0) is 70.2 Å². The van der Waals surface area contributed by atoms with E-state index in [2.05, 4.69) is 16.0 Å². The number of benzene rings is 2. The molecule has 5 atom stereocenters. The van der Waals surface area contributed by atoms with Gasteiger partial charge in [-0.15, -0.1) is 11.3 Å². The number of carbonyl (C=O) groups is 6. The fourth-order valence-electron chi connectivity index (χ4n) is 8.42. The van der Waals surface area contributed by atoms with Crippen molar-refractivity contribution in [3.63, 3.8) is 0 Å². The van der Waals surface area contributed by atoms with E-state index in [1.165, 1.54) is 16.2 Å². The third-order valence-electron chi connectivity index (χ3n) is 12.1. The van der Waals surface area contributed by atoms with Crippen LogP contribution in [0.15, 0.2) is 66.1 Å². The molecule has 2 aromatic heterocycles. The van der Waals surface area contributed by atoms with Crippen LogP contribution in [0.5, 0.6) is 11.5 Å². The quantitative estimate of drug-likeness (QED) is 0.0864. The summed E-state index contributed by atoms with van der Waals surface area (Å²) in [4.78, 5) is 94.4. The van der Waals surface area contributed by atoms with Gasteiger partial charge in [0.15, 0.2) is 5.13 Å². The predicted octanol–water partition coefficient (Wildman–Crippen LogP) is 7.21. The van der Waals surface area contributed by atoms with Gasteiger partial charge >= 0.3 is 12.1 Å². The molecule has 356 valence electrons. The Morgan fingerprint density at radius 2 is 1.67 bits per heavy atom. The number of rotatable bonds is 11. The summed E-state index contributed by atoms with van der Waals surface area (Å²) in [6.45, 7) is 9.19. The number of carbonyl (C=O) groups excluding carboxylic acids is 5. The Labute approximate surface area is 393 Å². The summed E-state index contributed by atoms with van der Waals surface area (Å²) in [5.74, 6) is -2.44. The van der Waals surface area contributed by atoms with E-state index in [9.17, 15) is 33.9 Å². The summed E-state index contributed by atoms with van der Waals surface area (Å²) >= 11 is 1.44. The van der Waals surface area contributed by atoms with Crippen LogP contribution < -0.4 is 25.4 Å². The second kappa shape index (κ2) is 20.9. The summed E-state index contributed by atoms with van der Waals surface area (Å²) in [6.07, 6.45) is 4.79. The molecule has 4 N–H and O–H groups in total. The van der Waals surface area contributed by atoms with E-state index < -0.39 is 71.4 Å². The molecule has 1 fully saturated rings. The Morgan fingerprint density at radius 3 is 2.36 bits per heavy atom. The lowest BCUT2D eigenvalue weighted by atomic mass is 9.88. The highest BCUT2D eigenvalue weighted by atomic mass is 32.1. The zero-order valence-corrected chi connectivity index (χ0v) is 39.5. The van der Waals surface area contributed by atoms with Crippen LogP contribution in [0.3, 0.4) is 0 Å². The number of imide groups is 1. The molecule has 0 saturated carbocycles. The number of methoxy groups -OCH3 is 1. The number of allylic oxidation sites excluding steroid dienone is 2. The van der Waals surface area contributed by atoms with Crippen LogP contribution in [0.2, 0.25) is 0 Å². The van der Waals surface area contributed by atoms with E-state index >= 15 is 0 Å². The first-order valence-corrected chi connectivity index (χ1v) is 23.7. The standard InChI is InChI=1S/C49H59N7O10S/c1-28(2)50-47-53-38(27-67-47)37-24-40(33-21-20-29(64-6)22-36(33)51-37)65-30-23-39-42(57)52-35(46(61)62)19-13-11-9-7-8-10-12-18-34(45(60)55(39)25-30)54-48(63)66-41(49(3,4)5)26-56-43(58)31-16-14-15-17-32(31)44(56)59/h9,11,14-17,20-22,24,27-28,30,34-35,39,41H,7-8,10,12-13,18-19,23,25-26H2,1-6H3,(H,50,53)(H,52,57)(H,54,63)(H,61,62)/t30-,34+,35+,39+,41-/m1/s1. The highest BCUT2D eigenvalue weighted by Gasteiger charge is 2.45. The summed E-state index contributed by atoms with van der Waals surface area (Å²) in [5.41, 5.74) is 1.49. The number of anilines is 1. The zero-order valence-electron chi connectivity index (χ0n) is 38.7. The van der Waals surface area contributed by atoms with Crippen molar-refractivity contribution >= 4 is 63.1 Å². The molecule has 0 spiro atoms. The minimum atomic E-state index is -1.22.